The number of carbonyl (C=O) groups is 1. The normalized spacial score (nSPS) is 27.2. The summed E-state index contributed by atoms with van der Waals surface area (Å²) in [6.07, 6.45) is 8.42. The minimum atomic E-state index is -0.463. The lowest BCUT2D eigenvalue weighted by molar-refractivity contribution is 0.0259. The number of anilines is 1. The lowest BCUT2D eigenvalue weighted by atomic mass is 9.72. The molecule has 1 amide bonds. The fourth-order valence-corrected chi connectivity index (χ4v) is 5.79. The summed E-state index contributed by atoms with van der Waals surface area (Å²) in [4.78, 5) is 23.6. The van der Waals surface area contributed by atoms with Crippen LogP contribution in [0.25, 0.3) is 0 Å². The number of nitrogens with one attached hydrogen (secondary N) is 2. The molecule has 1 atom stereocenters. The van der Waals surface area contributed by atoms with E-state index >= 15 is 0 Å². The van der Waals surface area contributed by atoms with Gasteiger partial charge in [0.2, 0.25) is 0 Å². The summed E-state index contributed by atoms with van der Waals surface area (Å²) < 4.78 is 5.56. The number of halogens is 1. The third-order valence-corrected chi connectivity index (χ3v) is 8.11. The maximum atomic E-state index is 12.5. The molecule has 6 N–H and O–H groups in total. The standard InChI is InChI=1S/C23H34ClN7O2S/c1-22(2,3)33-21(32)31-11-9-23(13-31)7-4-14(5-8-23)29-16-12-28-20(19(26)30-16)34-15-6-10-27-18(25)17(15)24/h6,10,12,14,16,29-30H,4-5,7-9,11,13,26H2,1-3H3,(H2,25,27). The molecule has 11 heteroatoms. The van der Waals surface area contributed by atoms with E-state index in [9.17, 15) is 4.79 Å². The van der Waals surface area contributed by atoms with Gasteiger partial charge in [-0.15, -0.1) is 0 Å². The second-order valence-electron chi connectivity index (χ2n) is 10.3. The zero-order chi connectivity index (χ0) is 24.5. The lowest BCUT2D eigenvalue weighted by Crippen LogP contribution is -2.52. The van der Waals surface area contributed by atoms with Gasteiger partial charge in [-0.05, 0) is 64.4 Å². The van der Waals surface area contributed by atoms with E-state index in [4.69, 9.17) is 27.8 Å². The van der Waals surface area contributed by atoms with Crippen molar-refractivity contribution < 1.29 is 9.53 Å². The number of aromatic nitrogens is 1. The van der Waals surface area contributed by atoms with Crippen LogP contribution in [0, 0.1) is 5.41 Å². The Kier molecular flexibility index (Phi) is 7.21. The quantitative estimate of drug-likeness (QED) is 0.485. The van der Waals surface area contributed by atoms with E-state index in [1.165, 1.54) is 11.8 Å². The molecule has 1 saturated heterocycles. The van der Waals surface area contributed by atoms with Gasteiger partial charge in [-0.3, -0.25) is 5.32 Å². The third kappa shape index (κ3) is 5.90. The van der Waals surface area contributed by atoms with Crippen LogP contribution in [-0.2, 0) is 4.74 Å². The molecule has 3 heterocycles. The molecule has 1 aromatic rings. The molecular formula is C23H34ClN7O2S. The number of carbonyl (C=O) groups excluding carboxylic acids is 1. The second-order valence-corrected chi connectivity index (χ2v) is 11.7. The van der Waals surface area contributed by atoms with Crippen LogP contribution in [0.5, 0.6) is 0 Å². The lowest BCUT2D eigenvalue weighted by Gasteiger charge is -2.39. The van der Waals surface area contributed by atoms with Gasteiger partial charge in [0.1, 0.15) is 28.4 Å². The predicted octanol–water partition coefficient (Wildman–Crippen LogP) is 3.65. The molecule has 9 nitrogen and oxygen atoms in total. The monoisotopic (exact) mass is 507 g/mol. The van der Waals surface area contributed by atoms with E-state index in [-0.39, 0.29) is 23.5 Å². The number of rotatable bonds is 4. The van der Waals surface area contributed by atoms with Crippen molar-refractivity contribution in [3.8, 4) is 0 Å². The Bertz CT molecular complexity index is 986. The second kappa shape index (κ2) is 9.83. The van der Waals surface area contributed by atoms with Crippen LogP contribution in [0.4, 0.5) is 10.6 Å². The van der Waals surface area contributed by atoms with Crippen molar-refractivity contribution in [2.45, 2.75) is 75.6 Å². The minimum absolute atomic E-state index is 0.136. The number of nitrogen functional groups attached to an aromatic ring is 1. The number of ether oxygens (including phenoxy) is 1. The summed E-state index contributed by atoms with van der Waals surface area (Å²) in [5, 5.41) is 7.95. The topological polar surface area (TPSA) is 131 Å². The van der Waals surface area contributed by atoms with Crippen molar-refractivity contribution >= 4 is 41.5 Å². The highest BCUT2D eigenvalue weighted by molar-refractivity contribution is 8.03. The predicted molar refractivity (Wildman–Crippen MR) is 136 cm³/mol. The smallest absolute Gasteiger partial charge is 0.410 e. The Morgan fingerprint density at radius 1 is 1.32 bits per heavy atom. The molecule has 3 aliphatic rings. The number of thioether (sulfide) groups is 1. The van der Waals surface area contributed by atoms with Crippen molar-refractivity contribution in [3.05, 3.63) is 28.1 Å². The van der Waals surface area contributed by atoms with Gasteiger partial charge in [-0.1, -0.05) is 23.4 Å². The van der Waals surface area contributed by atoms with Gasteiger partial charge >= 0.3 is 6.09 Å². The van der Waals surface area contributed by atoms with Gasteiger partial charge in [0, 0.05) is 36.4 Å². The maximum absolute atomic E-state index is 12.5. The fraction of sp³-hybridized carbons (Fsp3) is 0.609. The summed E-state index contributed by atoms with van der Waals surface area (Å²) >= 11 is 7.59. The van der Waals surface area contributed by atoms with E-state index in [1.807, 2.05) is 31.9 Å². The van der Waals surface area contributed by atoms with Crippen molar-refractivity contribution in [1.29, 1.82) is 0 Å². The summed E-state index contributed by atoms with van der Waals surface area (Å²) in [5.74, 6) is 0.775. The number of nitrogens with zero attached hydrogens (tertiary/aromatic N) is 3. The summed E-state index contributed by atoms with van der Waals surface area (Å²) in [6.45, 7) is 7.28. The molecule has 0 aromatic carbocycles. The first-order valence-corrected chi connectivity index (χ1v) is 12.9. The Hall–Kier alpha value is -2.17. The van der Waals surface area contributed by atoms with E-state index in [1.54, 1.807) is 12.3 Å². The molecule has 1 spiro atoms. The Labute approximate surface area is 210 Å². The number of aliphatic imine (C=N–C) groups is 1. The molecule has 1 aliphatic carbocycles. The summed E-state index contributed by atoms with van der Waals surface area (Å²) in [7, 11) is 0. The van der Waals surface area contributed by atoms with Gasteiger partial charge in [0.05, 0.1) is 5.02 Å². The molecule has 0 bridgehead atoms. The Morgan fingerprint density at radius 2 is 2.06 bits per heavy atom. The fourth-order valence-electron chi connectivity index (χ4n) is 4.74. The maximum Gasteiger partial charge on any atom is 0.410 e. The molecule has 1 unspecified atom stereocenters. The van der Waals surface area contributed by atoms with E-state index < -0.39 is 5.60 Å². The molecule has 186 valence electrons. The van der Waals surface area contributed by atoms with Crippen LogP contribution in [-0.4, -0.2) is 53.1 Å². The van der Waals surface area contributed by atoms with Gasteiger partial charge in [0.15, 0.2) is 0 Å². The average molecular weight is 508 g/mol. The van der Waals surface area contributed by atoms with Crippen molar-refractivity contribution in [2.75, 3.05) is 18.8 Å². The molecule has 2 aliphatic heterocycles. The van der Waals surface area contributed by atoms with Crippen molar-refractivity contribution in [2.24, 2.45) is 16.1 Å². The van der Waals surface area contributed by atoms with Crippen LogP contribution in [0.1, 0.15) is 52.9 Å². The minimum Gasteiger partial charge on any atom is -0.444 e. The number of nitrogens with two attached hydrogens (primary N) is 2. The number of hydrogen-bond donors (Lipinski definition) is 4. The van der Waals surface area contributed by atoms with Crippen LogP contribution in [0.15, 0.2) is 33.0 Å². The van der Waals surface area contributed by atoms with Crippen LogP contribution in [0.3, 0.4) is 0 Å². The van der Waals surface area contributed by atoms with Crippen LogP contribution < -0.4 is 22.1 Å². The van der Waals surface area contributed by atoms with Gasteiger partial charge in [-0.2, -0.15) is 0 Å². The zero-order valence-electron chi connectivity index (χ0n) is 19.9. The van der Waals surface area contributed by atoms with Crippen molar-refractivity contribution in [1.82, 2.24) is 20.5 Å². The van der Waals surface area contributed by atoms with Crippen LogP contribution in [0.2, 0.25) is 5.02 Å². The molecular weight excluding hydrogens is 474 g/mol. The summed E-state index contributed by atoms with van der Waals surface area (Å²) in [6, 6.07) is 2.15. The number of hydrogen-bond acceptors (Lipinski definition) is 9. The SMILES string of the molecule is CC(C)(C)OC(=O)N1CCC2(CCC(NC3C=NC(Sc4ccnc(N)c4Cl)=C(N)N3)CC2)C1. The van der Waals surface area contributed by atoms with Gasteiger partial charge < -0.3 is 26.4 Å². The average Bonchev–Trinajstić information content (AvgIpc) is 3.18. The first-order chi connectivity index (χ1) is 16.0. The number of pyridine rings is 1. The molecule has 1 aromatic heterocycles. The first-order valence-electron chi connectivity index (χ1n) is 11.7. The molecule has 4 rings (SSSR count). The number of likely N-dealkylation sites (tertiary alicyclic amines) is 1. The molecule has 0 radical (unpaired) electrons. The number of amides is 1. The highest BCUT2D eigenvalue weighted by Gasteiger charge is 2.43. The Morgan fingerprint density at radius 3 is 2.74 bits per heavy atom. The van der Waals surface area contributed by atoms with E-state index in [0.29, 0.717) is 21.9 Å². The van der Waals surface area contributed by atoms with Gasteiger partial charge in [-0.25, -0.2) is 14.8 Å². The highest BCUT2D eigenvalue weighted by Crippen LogP contribution is 2.44. The zero-order valence-corrected chi connectivity index (χ0v) is 21.5. The first kappa shape index (κ1) is 24.9. The van der Waals surface area contributed by atoms with E-state index in [2.05, 4.69) is 20.6 Å². The summed E-state index contributed by atoms with van der Waals surface area (Å²) in [5.41, 5.74) is 11.8. The molecule has 2 fully saturated rings. The molecule has 34 heavy (non-hydrogen) atoms. The van der Waals surface area contributed by atoms with E-state index in [0.717, 1.165) is 50.1 Å². The highest BCUT2D eigenvalue weighted by atomic mass is 35.5. The van der Waals surface area contributed by atoms with Gasteiger partial charge in [0.25, 0.3) is 0 Å². The van der Waals surface area contributed by atoms with Crippen molar-refractivity contribution in [3.63, 3.8) is 0 Å². The third-order valence-electron chi connectivity index (χ3n) is 6.52. The van der Waals surface area contributed by atoms with Crippen LogP contribution >= 0.6 is 23.4 Å². The largest absolute Gasteiger partial charge is 0.444 e. The Balaban J connectivity index is 1.26. The molecule has 1 saturated carbocycles.